The zero-order valence-corrected chi connectivity index (χ0v) is 19.7. The molecule has 1 amide bonds. The van der Waals surface area contributed by atoms with Crippen LogP contribution in [0, 0.1) is 11.8 Å². The molecule has 0 spiro atoms. The van der Waals surface area contributed by atoms with Crippen LogP contribution in [0.1, 0.15) is 19.3 Å². The Morgan fingerprint density at radius 3 is 2.57 bits per heavy atom. The SMILES string of the molecule is O=C(C1CC1)N1CCC(Cn2c(-c3ccc(-c4ccc5[nH]ccc5c4)cc3)nc3ccccc32)C1. The molecule has 1 atom stereocenters. The van der Waals surface area contributed by atoms with Crippen LogP contribution in [0.3, 0.4) is 0 Å². The highest BCUT2D eigenvalue weighted by Crippen LogP contribution is 2.34. The number of carbonyl (C=O) groups excluding carboxylic acids is 1. The van der Waals surface area contributed by atoms with E-state index in [1.165, 1.54) is 16.5 Å². The molecule has 2 fully saturated rings. The third-order valence-electron chi connectivity index (χ3n) is 7.65. The second-order valence-electron chi connectivity index (χ2n) is 10.1. The Labute approximate surface area is 204 Å². The van der Waals surface area contributed by atoms with Gasteiger partial charge in [0.15, 0.2) is 0 Å². The highest BCUT2D eigenvalue weighted by molar-refractivity contribution is 5.86. The molecule has 1 aliphatic heterocycles. The number of amides is 1. The van der Waals surface area contributed by atoms with Gasteiger partial charge in [0.25, 0.3) is 0 Å². The summed E-state index contributed by atoms with van der Waals surface area (Å²) in [6.45, 7) is 2.64. The summed E-state index contributed by atoms with van der Waals surface area (Å²) in [5.41, 5.74) is 6.87. The van der Waals surface area contributed by atoms with E-state index in [0.717, 1.165) is 66.8 Å². The molecular weight excluding hydrogens is 432 g/mol. The zero-order valence-electron chi connectivity index (χ0n) is 19.7. The Kier molecular flexibility index (Phi) is 4.76. The summed E-state index contributed by atoms with van der Waals surface area (Å²) in [6.07, 6.45) is 5.19. The van der Waals surface area contributed by atoms with Crippen LogP contribution in [0.4, 0.5) is 0 Å². The van der Waals surface area contributed by atoms with Gasteiger partial charge < -0.3 is 14.5 Å². The Bertz CT molecular complexity index is 1540. The summed E-state index contributed by atoms with van der Waals surface area (Å²) in [4.78, 5) is 23.0. The molecule has 3 heterocycles. The van der Waals surface area contributed by atoms with Crippen LogP contribution >= 0.6 is 0 Å². The smallest absolute Gasteiger partial charge is 0.225 e. The molecule has 0 radical (unpaired) electrons. The first-order chi connectivity index (χ1) is 17.2. The molecule has 174 valence electrons. The fraction of sp³-hybridized carbons (Fsp3) is 0.267. The number of fused-ring (bicyclic) bond motifs is 2. The van der Waals surface area contributed by atoms with Crippen LogP contribution in [0.25, 0.3) is 44.5 Å². The predicted molar refractivity (Wildman–Crippen MR) is 140 cm³/mol. The van der Waals surface area contributed by atoms with Crippen molar-refractivity contribution < 1.29 is 4.79 Å². The minimum atomic E-state index is 0.301. The number of nitrogens with one attached hydrogen (secondary N) is 1. The molecule has 1 unspecified atom stereocenters. The lowest BCUT2D eigenvalue weighted by molar-refractivity contribution is -0.131. The van der Waals surface area contributed by atoms with Crippen molar-refractivity contribution in [2.45, 2.75) is 25.8 Å². The van der Waals surface area contributed by atoms with E-state index in [2.05, 4.69) is 87.2 Å². The standard InChI is InChI=1S/C30H28N4O/c35-30(23-9-10-23)33-16-14-20(18-33)19-34-28-4-2-1-3-27(28)32-29(34)22-7-5-21(6-8-22)24-11-12-26-25(17-24)13-15-31-26/h1-8,11-13,15,17,20,23,31H,9-10,14,16,18-19H2. The first-order valence-electron chi connectivity index (χ1n) is 12.6. The van der Waals surface area contributed by atoms with E-state index in [9.17, 15) is 4.79 Å². The van der Waals surface area contributed by atoms with E-state index in [1.807, 2.05) is 6.20 Å². The van der Waals surface area contributed by atoms with Gasteiger partial charge in [-0.3, -0.25) is 4.79 Å². The van der Waals surface area contributed by atoms with Gasteiger partial charge in [0, 0.05) is 42.8 Å². The van der Waals surface area contributed by atoms with Crippen LogP contribution in [0.15, 0.2) is 79.0 Å². The van der Waals surface area contributed by atoms with Crippen molar-refractivity contribution in [3.63, 3.8) is 0 Å². The predicted octanol–water partition coefficient (Wildman–Crippen LogP) is 6.11. The Balaban J connectivity index is 1.19. The molecule has 5 heteroatoms. The summed E-state index contributed by atoms with van der Waals surface area (Å²) in [5.74, 6) is 2.14. The molecule has 2 aromatic heterocycles. The normalized spacial score (nSPS) is 18.1. The molecule has 1 N–H and O–H groups in total. The molecular formula is C30H28N4O. The maximum Gasteiger partial charge on any atom is 0.225 e. The maximum atomic E-state index is 12.6. The average Bonchev–Trinajstić information content (AvgIpc) is 3.30. The van der Waals surface area contributed by atoms with Crippen molar-refractivity contribution >= 4 is 27.8 Å². The molecule has 2 aliphatic rings. The molecule has 0 bridgehead atoms. The van der Waals surface area contributed by atoms with Gasteiger partial charge in [0.2, 0.25) is 5.91 Å². The Hall–Kier alpha value is -3.86. The number of para-hydroxylation sites is 2. The molecule has 35 heavy (non-hydrogen) atoms. The molecule has 5 nitrogen and oxygen atoms in total. The number of carbonyl (C=O) groups is 1. The van der Waals surface area contributed by atoms with Crippen molar-refractivity contribution in [2.75, 3.05) is 13.1 Å². The van der Waals surface area contributed by atoms with Crippen molar-refractivity contribution in [1.29, 1.82) is 0 Å². The lowest BCUT2D eigenvalue weighted by Crippen LogP contribution is -2.30. The number of H-pyrrole nitrogens is 1. The largest absolute Gasteiger partial charge is 0.361 e. The fourth-order valence-corrected chi connectivity index (χ4v) is 5.55. The minimum absolute atomic E-state index is 0.301. The monoisotopic (exact) mass is 460 g/mol. The Morgan fingerprint density at radius 2 is 1.71 bits per heavy atom. The molecule has 1 saturated heterocycles. The molecule has 5 aromatic rings. The molecule has 1 saturated carbocycles. The maximum absolute atomic E-state index is 12.6. The molecule has 3 aromatic carbocycles. The summed E-state index contributed by atoms with van der Waals surface area (Å²) >= 11 is 0. The van der Waals surface area contributed by atoms with Crippen molar-refractivity contribution in [3.8, 4) is 22.5 Å². The number of hydrogen-bond donors (Lipinski definition) is 1. The van der Waals surface area contributed by atoms with Crippen LogP contribution in [-0.2, 0) is 11.3 Å². The number of benzene rings is 3. The zero-order chi connectivity index (χ0) is 23.4. The van der Waals surface area contributed by atoms with E-state index in [0.29, 0.717) is 17.7 Å². The number of aromatic nitrogens is 3. The highest BCUT2D eigenvalue weighted by atomic mass is 16.2. The van der Waals surface area contributed by atoms with Crippen molar-refractivity contribution in [2.24, 2.45) is 11.8 Å². The van der Waals surface area contributed by atoms with Crippen LogP contribution in [-0.4, -0.2) is 38.4 Å². The van der Waals surface area contributed by atoms with Gasteiger partial charge in [-0.05, 0) is 72.0 Å². The van der Waals surface area contributed by atoms with E-state index in [4.69, 9.17) is 4.98 Å². The first-order valence-corrected chi connectivity index (χ1v) is 12.6. The number of aromatic amines is 1. The quantitative estimate of drug-likeness (QED) is 0.344. The van der Waals surface area contributed by atoms with Crippen molar-refractivity contribution in [3.05, 3.63) is 79.0 Å². The van der Waals surface area contributed by atoms with Crippen LogP contribution < -0.4 is 0 Å². The Morgan fingerprint density at radius 1 is 0.914 bits per heavy atom. The lowest BCUT2D eigenvalue weighted by Gasteiger charge is -2.18. The highest BCUT2D eigenvalue weighted by Gasteiger charge is 2.36. The lowest BCUT2D eigenvalue weighted by atomic mass is 10.0. The van der Waals surface area contributed by atoms with Crippen LogP contribution in [0.5, 0.6) is 0 Å². The molecule has 1 aliphatic carbocycles. The molecule has 7 rings (SSSR count). The third kappa shape index (κ3) is 3.72. The number of rotatable bonds is 5. The van der Waals surface area contributed by atoms with E-state index < -0.39 is 0 Å². The fourth-order valence-electron chi connectivity index (χ4n) is 5.55. The summed E-state index contributed by atoms with van der Waals surface area (Å²) in [7, 11) is 0. The summed E-state index contributed by atoms with van der Waals surface area (Å²) in [6, 6.07) is 25.8. The third-order valence-corrected chi connectivity index (χ3v) is 7.65. The van der Waals surface area contributed by atoms with Crippen LogP contribution in [0.2, 0.25) is 0 Å². The van der Waals surface area contributed by atoms with E-state index in [1.54, 1.807) is 0 Å². The van der Waals surface area contributed by atoms with E-state index in [-0.39, 0.29) is 0 Å². The van der Waals surface area contributed by atoms with E-state index >= 15 is 0 Å². The van der Waals surface area contributed by atoms with Gasteiger partial charge >= 0.3 is 0 Å². The van der Waals surface area contributed by atoms with Gasteiger partial charge in [0.1, 0.15) is 5.82 Å². The number of likely N-dealkylation sites (tertiary alicyclic amines) is 1. The van der Waals surface area contributed by atoms with Gasteiger partial charge in [-0.2, -0.15) is 0 Å². The summed E-state index contributed by atoms with van der Waals surface area (Å²) in [5, 5.41) is 1.22. The second-order valence-corrected chi connectivity index (χ2v) is 10.1. The van der Waals surface area contributed by atoms with Gasteiger partial charge in [0.05, 0.1) is 11.0 Å². The van der Waals surface area contributed by atoms with Gasteiger partial charge in [-0.25, -0.2) is 4.98 Å². The average molecular weight is 461 g/mol. The topological polar surface area (TPSA) is 53.9 Å². The summed E-state index contributed by atoms with van der Waals surface area (Å²) < 4.78 is 2.37. The first kappa shape index (κ1) is 20.5. The number of nitrogens with zero attached hydrogens (tertiary/aromatic N) is 3. The van der Waals surface area contributed by atoms with Gasteiger partial charge in [-0.1, -0.05) is 42.5 Å². The number of hydrogen-bond acceptors (Lipinski definition) is 2. The van der Waals surface area contributed by atoms with Crippen molar-refractivity contribution in [1.82, 2.24) is 19.4 Å². The second kappa shape index (κ2) is 8.12. The number of imidazole rings is 1. The minimum Gasteiger partial charge on any atom is -0.361 e. The van der Waals surface area contributed by atoms with Gasteiger partial charge in [-0.15, -0.1) is 0 Å².